The molecule has 0 bridgehead atoms. The van der Waals surface area contributed by atoms with Gasteiger partial charge in [-0.2, -0.15) is 4.39 Å². The lowest BCUT2D eigenvalue weighted by atomic mass is 10.0. The van der Waals surface area contributed by atoms with Gasteiger partial charge in [-0.25, -0.2) is 4.39 Å². The van der Waals surface area contributed by atoms with Crippen molar-refractivity contribution < 1.29 is 13.9 Å². The van der Waals surface area contributed by atoms with Crippen LogP contribution in [-0.2, 0) is 6.42 Å². The van der Waals surface area contributed by atoms with E-state index in [4.69, 9.17) is 10.8 Å². The van der Waals surface area contributed by atoms with Crippen molar-refractivity contribution in [1.29, 1.82) is 0 Å². The van der Waals surface area contributed by atoms with Crippen LogP contribution in [0.5, 0.6) is 5.75 Å². The number of phenolic OH excluding ortho intramolecular Hbond substituents is 1. The quantitative estimate of drug-likeness (QED) is 0.761. The number of halogens is 2. The molecule has 0 saturated heterocycles. The molecule has 1 aliphatic rings. The fourth-order valence-corrected chi connectivity index (χ4v) is 1.43. The van der Waals surface area contributed by atoms with Crippen LogP contribution < -0.4 is 5.73 Å². The summed E-state index contributed by atoms with van der Waals surface area (Å²) in [6.45, 7) is 0. The highest BCUT2D eigenvalue weighted by molar-refractivity contribution is 5.31. The van der Waals surface area contributed by atoms with E-state index in [2.05, 4.69) is 0 Å². The Bertz CT molecular complexity index is 375. The van der Waals surface area contributed by atoms with Crippen molar-refractivity contribution in [1.82, 2.24) is 0 Å². The van der Waals surface area contributed by atoms with E-state index in [-0.39, 0.29) is 11.1 Å². The van der Waals surface area contributed by atoms with Crippen LogP contribution in [0.15, 0.2) is 12.1 Å². The molecule has 76 valence electrons. The summed E-state index contributed by atoms with van der Waals surface area (Å²) in [6, 6.07) is 2.53. The number of nitrogens with two attached hydrogens (primary N) is 1. The van der Waals surface area contributed by atoms with Crippen molar-refractivity contribution in [2.75, 3.05) is 0 Å². The molecule has 4 heteroatoms. The zero-order valence-electron chi connectivity index (χ0n) is 7.56. The van der Waals surface area contributed by atoms with Crippen LogP contribution in [0, 0.1) is 11.6 Å². The standard InChI is InChI=1S/C10H11F2NO/c11-8-6(5-10(13)3-4-10)1-2-7(14)9(8)12/h1-2,14H,3-5,13H2. The van der Waals surface area contributed by atoms with Gasteiger partial charge in [-0.3, -0.25) is 0 Å². The molecule has 1 aromatic rings. The third-order valence-corrected chi connectivity index (χ3v) is 2.58. The number of rotatable bonds is 2. The van der Waals surface area contributed by atoms with E-state index in [9.17, 15) is 8.78 Å². The van der Waals surface area contributed by atoms with E-state index in [1.807, 2.05) is 0 Å². The van der Waals surface area contributed by atoms with Crippen molar-refractivity contribution in [3.05, 3.63) is 29.3 Å². The Morgan fingerprint density at radius 1 is 1.29 bits per heavy atom. The predicted octanol–water partition coefficient (Wildman–Crippen LogP) is 1.70. The SMILES string of the molecule is NC1(Cc2ccc(O)c(F)c2F)CC1. The Morgan fingerprint density at radius 3 is 2.50 bits per heavy atom. The maximum absolute atomic E-state index is 13.2. The minimum Gasteiger partial charge on any atom is -0.505 e. The molecule has 1 fully saturated rings. The molecule has 0 unspecified atom stereocenters. The van der Waals surface area contributed by atoms with E-state index in [0.717, 1.165) is 18.9 Å². The topological polar surface area (TPSA) is 46.2 Å². The first-order chi connectivity index (χ1) is 6.52. The monoisotopic (exact) mass is 199 g/mol. The summed E-state index contributed by atoms with van der Waals surface area (Å²) in [5, 5.41) is 8.89. The van der Waals surface area contributed by atoms with Gasteiger partial charge in [0.15, 0.2) is 11.6 Å². The van der Waals surface area contributed by atoms with Gasteiger partial charge in [-0.1, -0.05) is 6.07 Å². The van der Waals surface area contributed by atoms with Gasteiger partial charge >= 0.3 is 0 Å². The van der Waals surface area contributed by atoms with Gasteiger partial charge in [0.05, 0.1) is 0 Å². The van der Waals surface area contributed by atoms with Gasteiger partial charge in [0.2, 0.25) is 5.82 Å². The Hall–Kier alpha value is -1.16. The lowest BCUT2D eigenvalue weighted by Crippen LogP contribution is -2.25. The largest absolute Gasteiger partial charge is 0.505 e. The Labute approximate surface area is 80.4 Å². The van der Waals surface area contributed by atoms with Gasteiger partial charge in [-0.05, 0) is 30.9 Å². The van der Waals surface area contributed by atoms with Gasteiger partial charge < -0.3 is 10.8 Å². The average Bonchev–Trinajstić information content (AvgIpc) is 2.86. The van der Waals surface area contributed by atoms with Gasteiger partial charge in [0.1, 0.15) is 0 Å². The molecule has 1 aromatic carbocycles. The molecular weight excluding hydrogens is 188 g/mol. The van der Waals surface area contributed by atoms with E-state index in [1.54, 1.807) is 0 Å². The number of aromatic hydroxyl groups is 1. The molecule has 2 rings (SSSR count). The first-order valence-electron chi connectivity index (χ1n) is 4.47. The Balaban J connectivity index is 2.30. The third kappa shape index (κ3) is 1.57. The van der Waals surface area contributed by atoms with E-state index >= 15 is 0 Å². The predicted molar refractivity (Wildman–Crippen MR) is 47.9 cm³/mol. The summed E-state index contributed by atoms with van der Waals surface area (Å²) in [7, 11) is 0. The van der Waals surface area contributed by atoms with Crippen LogP contribution >= 0.6 is 0 Å². The maximum Gasteiger partial charge on any atom is 0.200 e. The summed E-state index contributed by atoms with van der Waals surface area (Å²) in [5.41, 5.74) is 5.66. The number of hydrogen-bond donors (Lipinski definition) is 2. The highest BCUT2D eigenvalue weighted by atomic mass is 19.2. The summed E-state index contributed by atoms with van der Waals surface area (Å²) < 4.78 is 26.2. The van der Waals surface area contributed by atoms with Crippen molar-refractivity contribution in [2.24, 2.45) is 5.73 Å². The second-order valence-electron chi connectivity index (χ2n) is 3.91. The van der Waals surface area contributed by atoms with Gasteiger partial charge in [0.25, 0.3) is 0 Å². The molecule has 0 heterocycles. The molecule has 1 saturated carbocycles. The molecule has 0 radical (unpaired) electrons. The highest BCUT2D eigenvalue weighted by Gasteiger charge is 2.39. The Kier molecular flexibility index (Phi) is 1.96. The van der Waals surface area contributed by atoms with E-state index in [1.165, 1.54) is 6.07 Å². The molecule has 0 atom stereocenters. The summed E-state index contributed by atoms with van der Waals surface area (Å²) in [5.74, 6) is -2.83. The minimum atomic E-state index is -1.19. The van der Waals surface area contributed by atoms with Crippen molar-refractivity contribution in [3.63, 3.8) is 0 Å². The number of phenols is 1. The number of hydrogen-bond acceptors (Lipinski definition) is 2. The molecule has 0 aliphatic heterocycles. The van der Waals surface area contributed by atoms with Crippen LogP contribution in [0.1, 0.15) is 18.4 Å². The highest BCUT2D eigenvalue weighted by Crippen LogP contribution is 2.36. The van der Waals surface area contributed by atoms with Crippen molar-refractivity contribution >= 4 is 0 Å². The normalized spacial score (nSPS) is 18.2. The minimum absolute atomic E-state index is 0.236. The molecule has 1 aliphatic carbocycles. The first-order valence-corrected chi connectivity index (χ1v) is 4.47. The van der Waals surface area contributed by atoms with Crippen molar-refractivity contribution in [2.45, 2.75) is 24.8 Å². The molecule has 14 heavy (non-hydrogen) atoms. The van der Waals surface area contributed by atoms with Crippen molar-refractivity contribution in [3.8, 4) is 5.75 Å². The van der Waals surface area contributed by atoms with Gasteiger partial charge in [-0.15, -0.1) is 0 Å². The molecule has 0 amide bonds. The van der Waals surface area contributed by atoms with E-state index < -0.39 is 17.4 Å². The summed E-state index contributed by atoms with van der Waals surface area (Å²) in [4.78, 5) is 0. The Morgan fingerprint density at radius 2 is 1.93 bits per heavy atom. The van der Waals surface area contributed by atoms with Crippen LogP contribution in [0.3, 0.4) is 0 Å². The molecule has 0 spiro atoms. The second kappa shape index (κ2) is 2.92. The zero-order chi connectivity index (χ0) is 10.3. The van der Waals surface area contributed by atoms with Crippen LogP contribution in [0.2, 0.25) is 0 Å². The maximum atomic E-state index is 13.2. The number of benzene rings is 1. The fraction of sp³-hybridized carbons (Fsp3) is 0.400. The lowest BCUT2D eigenvalue weighted by Gasteiger charge is -2.10. The van der Waals surface area contributed by atoms with Crippen LogP contribution in [0.25, 0.3) is 0 Å². The molecule has 0 aromatic heterocycles. The smallest absolute Gasteiger partial charge is 0.200 e. The fourth-order valence-electron chi connectivity index (χ4n) is 1.43. The van der Waals surface area contributed by atoms with Crippen LogP contribution in [0.4, 0.5) is 8.78 Å². The van der Waals surface area contributed by atoms with Gasteiger partial charge in [0, 0.05) is 5.54 Å². The average molecular weight is 199 g/mol. The zero-order valence-corrected chi connectivity index (χ0v) is 7.56. The molecular formula is C10H11F2NO. The third-order valence-electron chi connectivity index (χ3n) is 2.58. The molecule has 2 nitrogen and oxygen atoms in total. The van der Waals surface area contributed by atoms with E-state index in [0.29, 0.717) is 6.42 Å². The molecule has 3 N–H and O–H groups in total. The second-order valence-corrected chi connectivity index (χ2v) is 3.91. The summed E-state index contributed by atoms with van der Waals surface area (Å²) in [6.07, 6.45) is 2.01. The summed E-state index contributed by atoms with van der Waals surface area (Å²) >= 11 is 0. The first kappa shape index (κ1) is 9.40. The van der Waals surface area contributed by atoms with Crippen LogP contribution in [-0.4, -0.2) is 10.6 Å². The lowest BCUT2D eigenvalue weighted by molar-refractivity contribution is 0.402.